The van der Waals surface area contributed by atoms with Gasteiger partial charge in [-0.25, -0.2) is 9.97 Å². The van der Waals surface area contributed by atoms with Crippen molar-refractivity contribution in [2.75, 3.05) is 14.2 Å². The molecule has 0 aromatic carbocycles. The predicted octanol–water partition coefficient (Wildman–Crippen LogP) is 2.60. The number of carbonyl (C=O) groups is 2. The minimum absolute atomic E-state index is 0.0952. The molecule has 1 aliphatic rings. The van der Waals surface area contributed by atoms with E-state index in [4.69, 9.17) is 14.7 Å². The van der Waals surface area contributed by atoms with Crippen LogP contribution >= 0.6 is 0 Å². The first-order valence-electron chi connectivity index (χ1n) is 9.66. The summed E-state index contributed by atoms with van der Waals surface area (Å²) in [6.45, 7) is 0.570. The number of carbonyl (C=O) groups excluding carboxylic acids is 2. The average molecular weight is 417 g/mol. The highest BCUT2D eigenvalue weighted by atomic mass is 16.5. The fourth-order valence-electron chi connectivity index (χ4n) is 3.77. The monoisotopic (exact) mass is 417 g/mol. The van der Waals surface area contributed by atoms with Gasteiger partial charge in [-0.1, -0.05) is 0 Å². The van der Waals surface area contributed by atoms with Crippen molar-refractivity contribution < 1.29 is 19.1 Å². The van der Waals surface area contributed by atoms with E-state index in [2.05, 4.69) is 21.0 Å². The maximum Gasteiger partial charge on any atom is 0.319 e. The van der Waals surface area contributed by atoms with E-state index >= 15 is 0 Å². The summed E-state index contributed by atoms with van der Waals surface area (Å²) < 4.78 is 12.3. The minimum atomic E-state index is -0.318. The van der Waals surface area contributed by atoms with Crippen molar-refractivity contribution in [1.82, 2.24) is 19.5 Å². The number of rotatable bonds is 7. The molecule has 9 heteroatoms. The lowest BCUT2D eigenvalue weighted by Crippen LogP contribution is -2.03. The van der Waals surface area contributed by atoms with Gasteiger partial charge in [0.2, 0.25) is 5.88 Å². The van der Waals surface area contributed by atoms with E-state index in [1.165, 1.54) is 20.4 Å². The van der Waals surface area contributed by atoms with Crippen LogP contribution in [0.4, 0.5) is 0 Å². The minimum Gasteiger partial charge on any atom is -0.480 e. The number of methoxy groups -OCH3 is 2. The molecule has 3 heterocycles. The SMILES string of the molecule is COc1ncc(C2=C(c3cn(CCCC#N)c4ncccc34)C(=O)CC2=O)c(OC)n1. The van der Waals surface area contributed by atoms with Crippen LogP contribution in [0.15, 0.2) is 30.7 Å². The Labute approximate surface area is 178 Å². The zero-order valence-electron chi connectivity index (χ0n) is 17.1. The predicted molar refractivity (Wildman–Crippen MR) is 111 cm³/mol. The number of allylic oxidation sites excluding steroid dienone is 2. The normalized spacial score (nSPS) is 13.7. The highest BCUT2D eigenvalue weighted by molar-refractivity contribution is 6.51. The molecule has 9 nitrogen and oxygen atoms in total. The van der Waals surface area contributed by atoms with Gasteiger partial charge in [0.15, 0.2) is 11.6 Å². The van der Waals surface area contributed by atoms with Crippen LogP contribution in [0.2, 0.25) is 0 Å². The lowest BCUT2D eigenvalue weighted by Gasteiger charge is -2.10. The Balaban J connectivity index is 1.94. The summed E-state index contributed by atoms with van der Waals surface area (Å²) in [5, 5.41) is 9.60. The summed E-state index contributed by atoms with van der Waals surface area (Å²) >= 11 is 0. The first-order valence-corrected chi connectivity index (χ1v) is 9.66. The maximum atomic E-state index is 12.9. The molecule has 3 aromatic heterocycles. The van der Waals surface area contributed by atoms with Crippen molar-refractivity contribution in [3.8, 4) is 18.0 Å². The molecule has 4 rings (SSSR count). The lowest BCUT2D eigenvalue weighted by atomic mass is 9.97. The van der Waals surface area contributed by atoms with Crippen molar-refractivity contribution in [2.24, 2.45) is 0 Å². The maximum absolute atomic E-state index is 12.9. The van der Waals surface area contributed by atoms with Crippen LogP contribution in [-0.4, -0.2) is 45.3 Å². The molecule has 0 spiro atoms. The number of aromatic nitrogens is 4. The van der Waals surface area contributed by atoms with E-state index in [1.54, 1.807) is 12.3 Å². The quantitative estimate of drug-likeness (QED) is 0.425. The summed E-state index contributed by atoms with van der Waals surface area (Å²) in [6.07, 6.45) is 5.74. The van der Waals surface area contributed by atoms with Gasteiger partial charge in [-0.2, -0.15) is 10.2 Å². The van der Waals surface area contributed by atoms with Gasteiger partial charge >= 0.3 is 6.01 Å². The Hall–Kier alpha value is -4.06. The molecule has 0 bridgehead atoms. The first-order chi connectivity index (χ1) is 15.1. The van der Waals surface area contributed by atoms with Gasteiger partial charge in [-0.15, -0.1) is 0 Å². The molecule has 0 fully saturated rings. The summed E-state index contributed by atoms with van der Waals surface area (Å²) in [6, 6.07) is 5.87. The fourth-order valence-corrected chi connectivity index (χ4v) is 3.77. The number of fused-ring (bicyclic) bond motifs is 1. The molecule has 1 aliphatic carbocycles. The number of nitriles is 1. The molecule has 3 aromatic rings. The summed E-state index contributed by atoms with van der Waals surface area (Å²) in [5.41, 5.74) is 2.16. The van der Waals surface area contributed by atoms with Crippen molar-refractivity contribution in [3.63, 3.8) is 0 Å². The number of ketones is 2. The zero-order valence-corrected chi connectivity index (χ0v) is 17.1. The summed E-state index contributed by atoms with van der Waals surface area (Å²) in [4.78, 5) is 38.5. The molecule has 0 amide bonds. The number of unbranched alkanes of at least 4 members (excludes halogenated alkanes) is 1. The summed E-state index contributed by atoms with van der Waals surface area (Å²) in [5.74, 6) is -0.447. The van der Waals surface area contributed by atoms with Gasteiger partial charge in [0.05, 0.1) is 32.3 Å². The second kappa shape index (κ2) is 8.36. The molecule has 0 aliphatic heterocycles. The van der Waals surface area contributed by atoms with Crippen LogP contribution in [0.25, 0.3) is 22.2 Å². The fraction of sp³-hybridized carbons (Fsp3) is 0.273. The topological polar surface area (TPSA) is 120 Å². The Morgan fingerprint density at radius 2 is 1.90 bits per heavy atom. The van der Waals surface area contributed by atoms with Gasteiger partial charge in [0.1, 0.15) is 5.65 Å². The van der Waals surface area contributed by atoms with Crippen LogP contribution in [0.3, 0.4) is 0 Å². The van der Waals surface area contributed by atoms with E-state index in [0.717, 1.165) is 5.39 Å². The van der Waals surface area contributed by atoms with Crippen LogP contribution in [0.1, 0.15) is 30.4 Å². The van der Waals surface area contributed by atoms with Gasteiger partial charge in [0, 0.05) is 53.7 Å². The average Bonchev–Trinajstić information content (AvgIpc) is 3.29. The van der Waals surface area contributed by atoms with Crippen molar-refractivity contribution in [3.05, 3.63) is 41.9 Å². The highest BCUT2D eigenvalue weighted by Gasteiger charge is 2.36. The second-order valence-corrected chi connectivity index (χ2v) is 6.93. The lowest BCUT2D eigenvalue weighted by molar-refractivity contribution is -0.119. The van der Waals surface area contributed by atoms with Gasteiger partial charge in [0.25, 0.3) is 0 Å². The third-order valence-electron chi connectivity index (χ3n) is 5.10. The van der Waals surface area contributed by atoms with Crippen molar-refractivity contribution >= 4 is 33.7 Å². The van der Waals surface area contributed by atoms with Crippen LogP contribution in [-0.2, 0) is 16.1 Å². The largest absolute Gasteiger partial charge is 0.480 e. The second-order valence-electron chi connectivity index (χ2n) is 6.93. The highest BCUT2D eigenvalue weighted by Crippen LogP contribution is 2.41. The number of ether oxygens (including phenoxy) is 2. The Morgan fingerprint density at radius 1 is 1.13 bits per heavy atom. The van der Waals surface area contributed by atoms with Crippen molar-refractivity contribution in [2.45, 2.75) is 25.8 Å². The molecule has 0 atom stereocenters. The zero-order chi connectivity index (χ0) is 22.0. The standard InChI is InChI=1S/C22H19N5O4/c1-30-21-14(11-25-22(26-21)31-2)18-16(28)10-17(29)19(18)15-12-27(9-4-3-7-23)20-13(15)6-5-8-24-20/h5-6,8,11-12H,3-4,9-10H2,1-2H3. The molecule has 0 saturated carbocycles. The Kier molecular flexibility index (Phi) is 5.45. The third-order valence-corrected chi connectivity index (χ3v) is 5.10. The van der Waals surface area contributed by atoms with Crippen LogP contribution in [0, 0.1) is 11.3 Å². The third kappa shape index (κ3) is 3.53. The number of nitrogens with zero attached hydrogens (tertiary/aromatic N) is 5. The molecule has 31 heavy (non-hydrogen) atoms. The summed E-state index contributed by atoms with van der Waals surface area (Å²) in [7, 11) is 2.86. The van der Waals surface area contributed by atoms with Crippen LogP contribution < -0.4 is 9.47 Å². The van der Waals surface area contributed by atoms with E-state index in [0.29, 0.717) is 41.7 Å². The molecular weight excluding hydrogens is 398 g/mol. The van der Waals surface area contributed by atoms with Gasteiger partial charge < -0.3 is 14.0 Å². The van der Waals surface area contributed by atoms with E-state index in [9.17, 15) is 9.59 Å². The van der Waals surface area contributed by atoms with E-state index < -0.39 is 0 Å². The molecule has 0 unspecified atom stereocenters. The molecule has 0 radical (unpaired) electrons. The Bertz CT molecular complexity index is 1270. The van der Waals surface area contributed by atoms with E-state index in [1.807, 2.05) is 16.8 Å². The molecular formula is C22H19N5O4. The van der Waals surface area contributed by atoms with Crippen LogP contribution in [0.5, 0.6) is 11.9 Å². The number of pyridine rings is 1. The molecule has 0 N–H and O–H groups in total. The smallest absolute Gasteiger partial charge is 0.319 e. The number of hydrogen-bond acceptors (Lipinski definition) is 8. The number of hydrogen-bond donors (Lipinski definition) is 0. The van der Waals surface area contributed by atoms with E-state index in [-0.39, 0.29) is 35.5 Å². The molecule has 156 valence electrons. The Morgan fingerprint density at radius 3 is 2.61 bits per heavy atom. The van der Waals surface area contributed by atoms with Crippen molar-refractivity contribution in [1.29, 1.82) is 5.26 Å². The van der Waals surface area contributed by atoms with Gasteiger partial charge in [-0.3, -0.25) is 9.59 Å². The first kappa shape index (κ1) is 20.2. The number of aryl methyl sites for hydroxylation is 1. The molecule has 0 saturated heterocycles. The number of Topliss-reactive ketones (excluding diaryl/α,β-unsaturated/α-hetero) is 2. The van der Waals surface area contributed by atoms with Gasteiger partial charge in [-0.05, 0) is 18.6 Å².